The lowest BCUT2D eigenvalue weighted by Gasteiger charge is -2.40. The molecule has 1 spiro atoms. The molecule has 1 aliphatic heterocycles. The maximum absolute atomic E-state index is 10.4. The highest BCUT2D eigenvalue weighted by atomic mass is 16.5. The van der Waals surface area contributed by atoms with Crippen LogP contribution in [-0.2, 0) is 5.41 Å². The van der Waals surface area contributed by atoms with Gasteiger partial charge < -0.3 is 27.6 Å². The normalized spacial score (nSPS) is 13.1. The first kappa shape index (κ1) is 50.1. The molecule has 0 radical (unpaired) electrons. The largest absolute Gasteiger partial charge is 0.457 e. The predicted octanol–water partition coefficient (Wildman–Crippen LogP) is 20.3. The van der Waals surface area contributed by atoms with Gasteiger partial charge in [0.2, 0.25) is 0 Å². The van der Waals surface area contributed by atoms with Crippen LogP contribution in [0.2, 0.25) is 0 Å². The van der Waals surface area contributed by atoms with Gasteiger partial charge in [-0.25, -0.2) is 0 Å². The van der Waals surface area contributed by atoms with Gasteiger partial charge in [0, 0.05) is 93.6 Å². The van der Waals surface area contributed by atoms with Gasteiger partial charge in [0.15, 0.2) is 0 Å². The van der Waals surface area contributed by atoms with E-state index in [0.717, 1.165) is 128 Å². The monoisotopic (exact) mass is 1180 g/mol. The average Bonchev–Trinajstić information content (AvgIpc) is 1.36. The zero-order valence-corrected chi connectivity index (χ0v) is 49.7. The third-order valence-corrected chi connectivity index (χ3v) is 20.2. The van der Waals surface area contributed by atoms with Gasteiger partial charge in [0.1, 0.15) is 11.5 Å². The van der Waals surface area contributed by atoms with Crippen molar-refractivity contribution in [3.05, 3.63) is 319 Å². The highest BCUT2D eigenvalue weighted by Crippen LogP contribution is 2.64. The molecule has 93 heavy (non-hydrogen) atoms. The van der Waals surface area contributed by atoms with Crippen molar-refractivity contribution in [2.75, 3.05) is 0 Å². The summed E-state index contributed by atoms with van der Waals surface area (Å²) in [4.78, 5) is 11.4. The molecule has 8 heterocycles. The van der Waals surface area contributed by atoms with Crippen LogP contribution in [0.5, 0.6) is 11.5 Å². The number of pyridine rings is 2. The molecule has 0 saturated heterocycles. The molecule has 2 aliphatic rings. The van der Waals surface area contributed by atoms with Crippen molar-refractivity contribution in [3.8, 4) is 57.4 Å². The summed E-state index contributed by atoms with van der Waals surface area (Å²) >= 11 is 0. The van der Waals surface area contributed by atoms with Gasteiger partial charge in [-0.05, 0) is 115 Å². The molecular weight excluding hydrogens is 1140 g/mol. The summed E-state index contributed by atoms with van der Waals surface area (Å²) in [6.07, 6.45) is 4.07. The second-order valence-electron chi connectivity index (χ2n) is 24.7. The highest BCUT2D eigenvalue weighted by Gasteiger charge is 2.55. The first-order valence-electron chi connectivity index (χ1n) is 31.5. The fourth-order valence-electron chi connectivity index (χ4n) is 16.6. The quantitative estimate of drug-likeness (QED) is 0.172. The fourth-order valence-corrected chi connectivity index (χ4v) is 16.6. The Morgan fingerprint density at radius 2 is 0.656 bits per heavy atom. The molecule has 430 valence electrons. The van der Waals surface area contributed by atoms with Crippen LogP contribution in [0, 0.1) is 11.3 Å². The van der Waals surface area contributed by atoms with Crippen molar-refractivity contribution in [1.29, 1.82) is 5.26 Å². The summed E-state index contributed by atoms with van der Waals surface area (Å²) in [6, 6.07) is 103. The number of para-hydroxylation sites is 8. The van der Waals surface area contributed by atoms with Crippen LogP contribution in [0.1, 0.15) is 27.8 Å². The Bertz CT molecular complexity index is 6250. The van der Waals surface area contributed by atoms with Gasteiger partial charge in [0.25, 0.3) is 0 Å². The van der Waals surface area contributed by atoms with E-state index in [4.69, 9.17) is 14.7 Å². The number of benzene rings is 12. The molecule has 21 rings (SSSR count). The van der Waals surface area contributed by atoms with Crippen molar-refractivity contribution in [2.45, 2.75) is 5.41 Å². The third-order valence-electron chi connectivity index (χ3n) is 20.2. The van der Waals surface area contributed by atoms with Crippen LogP contribution in [0.25, 0.3) is 149 Å². The number of nitrogens with zero attached hydrogens (tertiary/aromatic N) is 8. The summed E-state index contributed by atoms with van der Waals surface area (Å²) in [7, 11) is 0. The van der Waals surface area contributed by atoms with E-state index in [9.17, 15) is 5.26 Å². The Labute approximate surface area is 530 Å². The van der Waals surface area contributed by atoms with E-state index in [-0.39, 0.29) is 0 Å². The summed E-state index contributed by atoms with van der Waals surface area (Å²) < 4.78 is 19.6. The lowest BCUT2D eigenvalue weighted by molar-refractivity contribution is 0.435. The Morgan fingerprint density at radius 3 is 1.12 bits per heavy atom. The molecule has 0 bridgehead atoms. The summed E-state index contributed by atoms with van der Waals surface area (Å²) in [5.74, 6) is 1.42. The molecule has 7 aromatic heterocycles. The van der Waals surface area contributed by atoms with E-state index in [1.54, 1.807) is 0 Å². The number of ether oxygens (including phenoxy) is 1. The van der Waals surface area contributed by atoms with Crippen LogP contribution in [-0.4, -0.2) is 32.8 Å². The van der Waals surface area contributed by atoms with Gasteiger partial charge in [0.05, 0.1) is 113 Å². The van der Waals surface area contributed by atoms with Crippen LogP contribution in [0.3, 0.4) is 0 Å². The molecule has 0 N–H and O–H groups in total. The fraction of sp³-hybridized carbons (Fsp3) is 0.0119. The van der Waals surface area contributed by atoms with E-state index in [0.29, 0.717) is 17.1 Å². The van der Waals surface area contributed by atoms with Gasteiger partial charge in [-0.1, -0.05) is 158 Å². The maximum Gasteiger partial charge on any atom is 0.134 e. The molecule has 1 aliphatic carbocycles. The minimum Gasteiger partial charge on any atom is -0.457 e. The van der Waals surface area contributed by atoms with Crippen molar-refractivity contribution in [3.63, 3.8) is 0 Å². The number of rotatable bonds is 5. The average molecular weight is 1190 g/mol. The molecule has 0 fully saturated rings. The van der Waals surface area contributed by atoms with Crippen molar-refractivity contribution in [1.82, 2.24) is 32.8 Å². The van der Waals surface area contributed by atoms with Gasteiger partial charge >= 0.3 is 0 Å². The Hall–Kier alpha value is -12.8. The van der Waals surface area contributed by atoms with E-state index in [1.807, 2.05) is 24.5 Å². The van der Waals surface area contributed by atoms with Crippen molar-refractivity contribution >= 4 is 109 Å². The molecule has 12 aromatic carbocycles. The van der Waals surface area contributed by atoms with Crippen molar-refractivity contribution < 1.29 is 4.74 Å². The molecule has 9 heteroatoms. The first-order valence-corrected chi connectivity index (χ1v) is 31.5. The van der Waals surface area contributed by atoms with E-state index < -0.39 is 5.41 Å². The van der Waals surface area contributed by atoms with Gasteiger partial charge in [-0.2, -0.15) is 5.26 Å². The Kier molecular flexibility index (Phi) is 9.93. The van der Waals surface area contributed by atoms with Gasteiger partial charge in [-0.15, -0.1) is 0 Å². The number of hydrogen-bond acceptors (Lipinski definition) is 4. The lowest BCUT2D eigenvalue weighted by atomic mass is 9.65. The van der Waals surface area contributed by atoms with Crippen LogP contribution < -0.4 is 4.74 Å². The topological polar surface area (TPSA) is 83.4 Å². The lowest BCUT2D eigenvalue weighted by Crippen LogP contribution is -2.34. The summed E-state index contributed by atoms with van der Waals surface area (Å²) in [6.45, 7) is 0. The first-order chi connectivity index (χ1) is 46.1. The molecule has 0 saturated carbocycles. The highest BCUT2D eigenvalue weighted by molar-refractivity contribution is 6.15. The molecule has 9 nitrogen and oxygen atoms in total. The van der Waals surface area contributed by atoms with Gasteiger partial charge in [-0.3, -0.25) is 9.97 Å². The SMILES string of the molecule is N#Cc1ccc2c(c1)c1ccccc1n2-c1cccc2c1C1(c3ccc(-n4c5ccccc5c5cc(-n6c7ccccc7c7ccccc76)ccc54)cc3O2)c2cc(-n3c4ccccc4c4ccccc43)cnc2-c2ncc(-n3c4ccccc4c4ccccc43)cc21. The number of aromatic nitrogens is 7. The van der Waals surface area contributed by atoms with E-state index in [1.165, 1.54) is 43.4 Å². The molecule has 19 aromatic rings. The number of nitriles is 1. The van der Waals surface area contributed by atoms with E-state index >= 15 is 0 Å². The minimum absolute atomic E-state index is 0.600. The molecule has 0 unspecified atom stereocenters. The summed E-state index contributed by atoms with van der Waals surface area (Å²) in [5.41, 5.74) is 20.6. The smallest absolute Gasteiger partial charge is 0.134 e. The minimum atomic E-state index is -1.14. The van der Waals surface area contributed by atoms with Crippen LogP contribution >= 0.6 is 0 Å². The van der Waals surface area contributed by atoms with Crippen LogP contribution in [0.15, 0.2) is 291 Å². The zero-order chi connectivity index (χ0) is 60.8. The Balaban J connectivity index is 0.879. The van der Waals surface area contributed by atoms with Crippen LogP contribution in [0.4, 0.5) is 0 Å². The zero-order valence-electron chi connectivity index (χ0n) is 49.7. The second kappa shape index (κ2) is 18.4. The van der Waals surface area contributed by atoms with Crippen molar-refractivity contribution in [2.24, 2.45) is 0 Å². The number of fused-ring (bicyclic) bond motifs is 24. The second-order valence-corrected chi connectivity index (χ2v) is 24.7. The Morgan fingerprint density at radius 1 is 0.290 bits per heavy atom. The number of hydrogen-bond donors (Lipinski definition) is 0. The molecule has 0 atom stereocenters. The van der Waals surface area contributed by atoms with E-state index in [2.05, 4.69) is 296 Å². The predicted molar refractivity (Wildman–Crippen MR) is 376 cm³/mol. The third kappa shape index (κ3) is 6.57. The maximum atomic E-state index is 10.4. The standard InChI is InChI=1S/C84H48N8O/c85-47-50-36-40-77-63(42-50)61-24-8-16-33-75(61)92(77)78-34-17-35-79-81(78)84(65-39-37-52(46-80(65)93-79)89-74-32-15-7-25-62(74)64-43-51(38-41-76(64)89)88-68-26-9-1-18-55(68)56-19-2-10-27-69(56)88)66-44-53(90-70-28-11-3-20-57(70)58-21-4-12-29-71(58)90)48-86-82(66)83-67(84)45-54(49-87-83)91-72-30-13-5-22-59(72)60-23-6-14-31-73(60)91/h1-46,48-49H. The molecule has 0 amide bonds. The molecular formula is C84H48N8O. The summed E-state index contributed by atoms with van der Waals surface area (Å²) in [5, 5.41) is 21.8.